The smallest absolute Gasteiger partial charge is 0.335 e. The normalized spacial score (nSPS) is 11.2. The van der Waals surface area contributed by atoms with Crippen LogP contribution in [0.2, 0.25) is 5.02 Å². The number of carbonyl (C=O) groups excluding carboxylic acids is 1. The lowest BCUT2D eigenvalue weighted by Gasteiger charge is -2.13. The number of hydrogen-bond donors (Lipinski definition) is 3. The summed E-state index contributed by atoms with van der Waals surface area (Å²) in [6.45, 7) is 3.49. The molecule has 2 aromatic rings. The first-order valence-corrected chi connectivity index (χ1v) is 9.93. The van der Waals surface area contributed by atoms with Gasteiger partial charge in [0, 0.05) is 17.7 Å². The number of halogens is 1. The third-order valence-electron chi connectivity index (χ3n) is 3.58. The Kier molecular flexibility index (Phi) is 6.44. The summed E-state index contributed by atoms with van der Waals surface area (Å²) >= 11 is 6.00. The molecule has 2 rings (SSSR count). The zero-order chi connectivity index (χ0) is 21.9. The summed E-state index contributed by atoms with van der Waals surface area (Å²) in [7, 11) is -4.52. The van der Waals surface area contributed by atoms with E-state index in [0.717, 1.165) is 12.1 Å². The maximum atomic E-state index is 12.7. The average Bonchev–Trinajstić information content (AvgIpc) is 2.62. The molecule has 0 radical (unpaired) electrons. The lowest BCUT2D eigenvalue weighted by atomic mass is 10.2. The van der Waals surface area contributed by atoms with Gasteiger partial charge in [0.15, 0.2) is 4.90 Å². The van der Waals surface area contributed by atoms with Gasteiger partial charge in [0.25, 0.3) is 21.6 Å². The first-order chi connectivity index (χ1) is 13.4. The number of nitro groups is 1. The third-order valence-corrected chi connectivity index (χ3v) is 5.33. The number of amides is 1. The summed E-state index contributed by atoms with van der Waals surface area (Å²) in [4.78, 5) is 32.6. The van der Waals surface area contributed by atoms with Gasteiger partial charge in [-0.25, -0.2) is 13.2 Å². The van der Waals surface area contributed by atoms with E-state index >= 15 is 0 Å². The number of hydrogen-bond acceptors (Lipinski definition) is 6. The fraction of sp³-hybridized carbons (Fsp3) is 0.176. The van der Waals surface area contributed by atoms with E-state index in [1.54, 1.807) is 13.8 Å². The topological polar surface area (TPSA) is 156 Å². The Morgan fingerprint density at radius 2 is 1.76 bits per heavy atom. The minimum atomic E-state index is -4.52. The molecule has 10 nitrogen and oxygen atoms in total. The molecule has 0 saturated carbocycles. The third kappa shape index (κ3) is 5.21. The van der Waals surface area contributed by atoms with E-state index < -0.39 is 43.0 Å². The van der Waals surface area contributed by atoms with Crippen molar-refractivity contribution in [2.24, 2.45) is 0 Å². The van der Waals surface area contributed by atoms with Gasteiger partial charge in [0.1, 0.15) is 0 Å². The Hall–Kier alpha value is -3.18. The van der Waals surface area contributed by atoms with E-state index in [4.69, 9.17) is 16.7 Å². The van der Waals surface area contributed by atoms with Gasteiger partial charge in [-0.2, -0.15) is 0 Å². The highest BCUT2D eigenvalue weighted by Crippen LogP contribution is 2.30. The molecule has 0 aliphatic rings. The summed E-state index contributed by atoms with van der Waals surface area (Å²) in [6.07, 6.45) is 0. The van der Waals surface area contributed by atoms with Gasteiger partial charge in [0.05, 0.1) is 21.2 Å². The van der Waals surface area contributed by atoms with Crippen LogP contribution in [0.25, 0.3) is 0 Å². The van der Waals surface area contributed by atoms with Crippen LogP contribution >= 0.6 is 11.6 Å². The molecule has 1 amide bonds. The summed E-state index contributed by atoms with van der Waals surface area (Å²) < 4.78 is 27.5. The molecule has 0 fully saturated rings. The SMILES string of the molecule is CC(C)NC(=O)c1ccc(Cl)c(NS(=O)(=O)c2ccc(C(=O)O)cc2[N+](=O)[O-])c1. The van der Waals surface area contributed by atoms with Crippen molar-refractivity contribution in [3.8, 4) is 0 Å². The van der Waals surface area contributed by atoms with Crippen LogP contribution in [0.3, 0.4) is 0 Å². The summed E-state index contributed by atoms with van der Waals surface area (Å²) in [6, 6.07) is 6.11. The Balaban J connectivity index is 2.48. The second-order valence-corrected chi connectivity index (χ2v) is 8.23. The number of carbonyl (C=O) groups is 2. The van der Waals surface area contributed by atoms with Crippen molar-refractivity contribution in [3.05, 3.63) is 62.7 Å². The highest BCUT2D eigenvalue weighted by atomic mass is 35.5. The Morgan fingerprint density at radius 1 is 1.14 bits per heavy atom. The van der Waals surface area contributed by atoms with Crippen molar-refractivity contribution in [3.63, 3.8) is 0 Å². The monoisotopic (exact) mass is 441 g/mol. The number of carboxylic acids is 1. The lowest BCUT2D eigenvalue weighted by molar-refractivity contribution is -0.387. The van der Waals surface area contributed by atoms with Crippen LogP contribution < -0.4 is 10.0 Å². The molecule has 0 aliphatic carbocycles. The molecule has 3 N–H and O–H groups in total. The molecule has 0 atom stereocenters. The first kappa shape index (κ1) is 22.1. The molecule has 154 valence electrons. The van der Waals surface area contributed by atoms with Crippen LogP contribution in [-0.2, 0) is 10.0 Å². The highest BCUT2D eigenvalue weighted by molar-refractivity contribution is 7.92. The second kappa shape index (κ2) is 8.45. The van der Waals surface area contributed by atoms with Crippen LogP contribution in [0.1, 0.15) is 34.6 Å². The average molecular weight is 442 g/mol. The zero-order valence-corrected chi connectivity index (χ0v) is 16.7. The van der Waals surface area contributed by atoms with Crippen molar-refractivity contribution in [1.29, 1.82) is 0 Å². The number of nitro benzene ring substituents is 1. The van der Waals surface area contributed by atoms with Crippen LogP contribution in [-0.4, -0.2) is 36.4 Å². The molecule has 0 saturated heterocycles. The maximum absolute atomic E-state index is 12.7. The van der Waals surface area contributed by atoms with Gasteiger partial charge in [-0.1, -0.05) is 11.6 Å². The molecule has 0 spiro atoms. The number of anilines is 1. The number of aromatic carboxylic acids is 1. The molecular formula is C17H16ClN3O7S. The summed E-state index contributed by atoms with van der Waals surface area (Å²) in [5.41, 5.74) is -1.40. The molecule has 0 heterocycles. The summed E-state index contributed by atoms with van der Waals surface area (Å²) in [5.74, 6) is -1.91. The minimum Gasteiger partial charge on any atom is -0.478 e. The van der Waals surface area contributed by atoms with E-state index in [0.29, 0.717) is 6.07 Å². The molecule has 0 aromatic heterocycles. The molecule has 0 unspecified atom stereocenters. The fourth-order valence-electron chi connectivity index (χ4n) is 2.31. The largest absolute Gasteiger partial charge is 0.478 e. The highest BCUT2D eigenvalue weighted by Gasteiger charge is 2.28. The van der Waals surface area contributed by atoms with Crippen molar-refractivity contribution in [1.82, 2.24) is 5.32 Å². The molecule has 2 aromatic carbocycles. The fourth-order valence-corrected chi connectivity index (χ4v) is 3.76. The van der Waals surface area contributed by atoms with Crippen LogP contribution in [0, 0.1) is 10.1 Å². The standard InChI is InChI=1S/C17H16ClN3O7S/c1-9(2)19-16(22)10-3-5-12(18)13(7-10)20-29(27,28)15-6-4-11(17(23)24)8-14(15)21(25)26/h3-9,20H,1-2H3,(H,19,22)(H,23,24). The number of nitrogens with zero attached hydrogens (tertiary/aromatic N) is 1. The van der Waals surface area contributed by atoms with Crippen LogP contribution in [0.4, 0.5) is 11.4 Å². The molecule has 12 heteroatoms. The predicted octanol–water partition coefficient (Wildman–Crippen LogP) is 2.89. The molecule has 0 aliphatic heterocycles. The van der Waals surface area contributed by atoms with E-state index in [-0.39, 0.29) is 22.3 Å². The van der Waals surface area contributed by atoms with E-state index in [1.165, 1.54) is 18.2 Å². The Labute approximate surface area is 170 Å². The van der Waals surface area contributed by atoms with Crippen molar-refractivity contribution in [2.45, 2.75) is 24.8 Å². The van der Waals surface area contributed by atoms with Gasteiger partial charge in [0.2, 0.25) is 0 Å². The Morgan fingerprint density at radius 3 is 2.31 bits per heavy atom. The second-order valence-electron chi connectivity index (χ2n) is 6.17. The number of benzene rings is 2. The number of carboxylic acid groups (broad SMARTS) is 1. The van der Waals surface area contributed by atoms with Gasteiger partial charge in [-0.05, 0) is 44.2 Å². The van der Waals surface area contributed by atoms with Gasteiger partial charge in [-0.3, -0.25) is 19.6 Å². The van der Waals surface area contributed by atoms with E-state index in [2.05, 4.69) is 10.0 Å². The molecular weight excluding hydrogens is 426 g/mol. The number of rotatable bonds is 7. The number of nitrogens with one attached hydrogen (secondary N) is 2. The first-order valence-electron chi connectivity index (χ1n) is 8.07. The van der Waals surface area contributed by atoms with E-state index in [1.807, 2.05) is 0 Å². The predicted molar refractivity (Wildman–Crippen MR) is 105 cm³/mol. The Bertz CT molecular complexity index is 1100. The van der Waals surface area contributed by atoms with Gasteiger partial charge < -0.3 is 10.4 Å². The molecule has 0 bridgehead atoms. The quantitative estimate of drug-likeness (QED) is 0.440. The van der Waals surface area contributed by atoms with Crippen molar-refractivity contribution >= 4 is 44.9 Å². The minimum absolute atomic E-state index is 0.0421. The van der Waals surface area contributed by atoms with Gasteiger partial charge >= 0.3 is 5.97 Å². The van der Waals surface area contributed by atoms with E-state index in [9.17, 15) is 28.1 Å². The van der Waals surface area contributed by atoms with Crippen LogP contribution in [0.5, 0.6) is 0 Å². The van der Waals surface area contributed by atoms with Crippen molar-refractivity contribution < 1.29 is 28.0 Å². The van der Waals surface area contributed by atoms with Crippen molar-refractivity contribution in [2.75, 3.05) is 4.72 Å². The number of sulfonamides is 1. The van der Waals surface area contributed by atoms with Crippen LogP contribution in [0.15, 0.2) is 41.3 Å². The zero-order valence-electron chi connectivity index (χ0n) is 15.2. The van der Waals surface area contributed by atoms with Gasteiger partial charge in [-0.15, -0.1) is 0 Å². The maximum Gasteiger partial charge on any atom is 0.335 e. The lowest BCUT2D eigenvalue weighted by Crippen LogP contribution is -2.30. The molecule has 29 heavy (non-hydrogen) atoms. The summed E-state index contributed by atoms with van der Waals surface area (Å²) in [5, 5.41) is 22.8.